The van der Waals surface area contributed by atoms with Crippen LogP contribution >= 0.6 is 11.6 Å². The molecule has 0 radical (unpaired) electrons. The number of carbonyl (C=O) groups is 1. The van der Waals surface area contributed by atoms with Gasteiger partial charge in [-0.05, 0) is 23.8 Å². The van der Waals surface area contributed by atoms with Crippen LogP contribution in [0.1, 0.15) is 18.1 Å². The van der Waals surface area contributed by atoms with Gasteiger partial charge in [-0.25, -0.2) is 0 Å². The van der Waals surface area contributed by atoms with Crippen LogP contribution in [0.4, 0.5) is 0 Å². The second kappa shape index (κ2) is 4.64. The van der Waals surface area contributed by atoms with E-state index in [1.165, 1.54) is 6.92 Å². The third-order valence-corrected chi connectivity index (χ3v) is 1.75. The molecule has 0 atom stereocenters. The normalized spacial score (nSPS) is 9.21. The smallest absolute Gasteiger partial charge is 0.302 e. The van der Waals surface area contributed by atoms with Gasteiger partial charge in [-0.15, -0.1) is 0 Å². The summed E-state index contributed by atoms with van der Waals surface area (Å²) in [7, 11) is 0. The van der Waals surface area contributed by atoms with Crippen molar-refractivity contribution in [2.45, 2.75) is 13.5 Å². The second-order valence-corrected chi connectivity index (χ2v) is 3.18. The molecule has 0 saturated carbocycles. The summed E-state index contributed by atoms with van der Waals surface area (Å²) in [6.45, 7) is 1.47. The average molecular weight is 210 g/mol. The Morgan fingerprint density at radius 1 is 1.57 bits per heavy atom. The predicted octanol–water partition coefficient (Wildman–Crippen LogP) is 2.27. The van der Waals surface area contributed by atoms with E-state index < -0.39 is 0 Å². The van der Waals surface area contributed by atoms with Gasteiger partial charge in [-0.1, -0.05) is 11.6 Å². The summed E-state index contributed by atoms with van der Waals surface area (Å²) in [5.74, 6) is -0.358. The molecule has 14 heavy (non-hydrogen) atoms. The van der Waals surface area contributed by atoms with E-state index in [0.29, 0.717) is 16.1 Å². The molecule has 1 aromatic carbocycles. The molecule has 4 heteroatoms. The first-order valence-corrected chi connectivity index (χ1v) is 4.32. The van der Waals surface area contributed by atoms with Crippen LogP contribution in [0.5, 0.6) is 0 Å². The largest absolute Gasteiger partial charge is 0.461 e. The van der Waals surface area contributed by atoms with Crippen LogP contribution in [0.2, 0.25) is 5.02 Å². The van der Waals surface area contributed by atoms with Gasteiger partial charge in [0.15, 0.2) is 0 Å². The van der Waals surface area contributed by atoms with Gasteiger partial charge >= 0.3 is 5.97 Å². The van der Waals surface area contributed by atoms with Crippen molar-refractivity contribution in [1.82, 2.24) is 0 Å². The lowest BCUT2D eigenvalue weighted by Gasteiger charge is -2.02. The van der Waals surface area contributed by atoms with Crippen molar-refractivity contribution in [2.24, 2.45) is 0 Å². The standard InChI is InChI=1S/C10H8ClNO2/c1-7(13)14-6-9-2-8(5-12)3-10(11)4-9/h2-4H,6H2,1H3. The maximum absolute atomic E-state index is 10.5. The Balaban J connectivity index is 2.82. The molecule has 0 bridgehead atoms. The third-order valence-electron chi connectivity index (χ3n) is 1.53. The van der Waals surface area contributed by atoms with E-state index >= 15 is 0 Å². The molecule has 1 aromatic rings. The fourth-order valence-electron chi connectivity index (χ4n) is 0.983. The quantitative estimate of drug-likeness (QED) is 0.702. The zero-order valence-corrected chi connectivity index (χ0v) is 8.34. The first-order valence-electron chi connectivity index (χ1n) is 3.95. The van der Waals surface area contributed by atoms with Crippen molar-refractivity contribution >= 4 is 17.6 Å². The highest BCUT2D eigenvalue weighted by Gasteiger charge is 2.01. The molecule has 0 aromatic heterocycles. The van der Waals surface area contributed by atoms with Gasteiger partial charge in [-0.2, -0.15) is 5.26 Å². The van der Waals surface area contributed by atoms with Crippen LogP contribution in [0.15, 0.2) is 18.2 Å². The molecule has 0 aliphatic heterocycles. The van der Waals surface area contributed by atoms with Crippen molar-refractivity contribution in [1.29, 1.82) is 5.26 Å². The summed E-state index contributed by atoms with van der Waals surface area (Å²) in [5.41, 5.74) is 1.17. The Kier molecular flexibility index (Phi) is 3.49. The molecule has 0 amide bonds. The summed E-state index contributed by atoms with van der Waals surface area (Å²) < 4.78 is 4.78. The number of carbonyl (C=O) groups excluding carboxylic acids is 1. The number of rotatable bonds is 2. The highest BCUT2D eigenvalue weighted by atomic mass is 35.5. The van der Waals surface area contributed by atoms with Crippen molar-refractivity contribution in [3.63, 3.8) is 0 Å². The van der Waals surface area contributed by atoms with E-state index in [9.17, 15) is 4.79 Å². The molecular formula is C10H8ClNO2. The van der Waals surface area contributed by atoms with Gasteiger partial charge < -0.3 is 4.74 Å². The highest BCUT2D eigenvalue weighted by molar-refractivity contribution is 6.30. The van der Waals surface area contributed by atoms with Crippen molar-refractivity contribution < 1.29 is 9.53 Å². The molecule has 3 nitrogen and oxygen atoms in total. The van der Waals surface area contributed by atoms with E-state index in [4.69, 9.17) is 21.6 Å². The average Bonchev–Trinajstić information content (AvgIpc) is 2.14. The Morgan fingerprint density at radius 2 is 2.29 bits per heavy atom. The van der Waals surface area contributed by atoms with Crippen molar-refractivity contribution in [2.75, 3.05) is 0 Å². The number of esters is 1. The van der Waals surface area contributed by atoms with Crippen molar-refractivity contribution in [3.8, 4) is 6.07 Å². The fraction of sp³-hybridized carbons (Fsp3) is 0.200. The predicted molar refractivity (Wildman–Crippen MR) is 51.6 cm³/mol. The molecule has 0 spiro atoms. The van der Waals surface area contributed by atoms with Gasteiger partial charge in [0.2, 0.25) is 0 Å². The van der Waals surface area contributed by atoms with E-state index in [1.807, 2.05) is 6.07 Å². The number of hydrogen-bond donors (Lipinski definition) is 0. The Hall–Kier alpha value is -1.53. The van der Waals surface area contributed by atoms with E-state index in [1.54, 1.807) is 18.2 Å². The molecule has 0 N–H and O–H groups in total. The Bertz CT molecular complexity index is 396. The topological polar surface area (TPSA) is 50.1 Å². The van der Waals surface area contributed by atoms with Crippen LogP contribution < -0.4 is 0 Å². The zero-order valence-electron chi connectivity index (χ0n) is 7.58. The summed E-state index contributed by atoms with van der Waals surface area (Å²) in [4.78, 5) is 10.5. The second-order valence-electron chi connectivity index (χ2n) is 2.74. The summed E-state index contributed by atoms with van der Waals surface area (Å²) in [6, 6.07) is 6.82. The minimum Gasteiger partial charge on any atom is -0.461 e. The molecule has 0 aliphatic carbocycles. The van der Waals surface area contributed by atoms with E-state index in [-0.39, 0.29) is 12.6 Å². The van der Waals surface area contributed by atoms with Crippen LogP contribution in [0.25, 0.3) is 0 Å². The number of nitriles is 1. The van der Waals surface area contributed by atoms with Crippen LogP contribution in [-0.4, -0.2) is 5.97 Å². The van der Waals surface area contributed by atoms with E-state index in [0.717, 1.165) is 0 Å². The molecular weight excluding hydrogens is 202 g/mol. The monoisotopic (exact) mass is 209 g/mol. The van der Waals surface area contributed by atoms with Gasteiger partial charge in [0, 0.05) is 11.9 Å². The lowest BCUT2D eigenvalue weighted by atomic mass is 10.1. The van der Waals surface area contributed by atoms with E-state index in [2.05, 4.69) is 0 Å². The summed E-state index contributed by atoms with van der Waals surface area (Å²) in [5, 5.41) is 9.11. The number of nitrogens with zero attached hydrogens (tertiary/aromatic N) is 1. The number of ether oxygens (including phenoxy) is 1. The molecule has 0 unspecified atom stereocenters. The van der Waals surface area contributed by atoms with Gasteiger partial charge in [0.1, 0.15) is 6.61 Å². The lowest BCUT2D eigenvalue weighted by Crippen LogP contribution is -1.99. The fourth-order valence-corrected chi connectivity index (χ4v) is 1.24. The molecule has 0 aliphatic rings. The van der Waals surface area contributed by atoms with Crippen LogP contribution in [0, 0.1) is 11.3 Å². The van der Waals surface area contributed by atoms with Crippen LogP contribution in [-0.2, 0) is 16.1 Å². The maximum atomic E-state index is 10.5. The number of benzene rings is 1. The first-order chi connectivity index (χ1) is 6.61. The minimum atomic E-state index is -0.358. The minimum absolute atomic E-state index is 0.143. The lowest BCUT2D eigenvalue weighted by molar-refractivity contribution is -0.142. The van der Waals surface area contributed by atoms with Crippen LogP contribution in [0.3, 0.4) is 0 Å². The summed E-state index contributed by atoms with van der Waals surface area (Å²) >= 11 is 5.75. The van der Waals surface area contributed by atoms with Gasteiger partial charge in [-0.3, -0.25) is 4.79 Å². The van der Waals surface area contributed by atoms with Crippen molar-refractivity contribution in [3.05, 3.63) is 34.3 Å². The Labute approximate surface area is 86.9 Å². The molecule has 0 saturated heterocycles. The van der Waals surface area contributed by atoms with Gasteiger partial charge in [0.25, 0.3) is 0 Å². The first kappa shape index (κ1) is 10.6. The van der Waals surface area contributed by atoms with Gasteiger partial charge in [0.05, 0.1) is 11.6 Å². The molecule has 0 fully saturated rings. The number of halogens is 1. The molecule has 72 valence electrons. The highest BCUT2D eigenvalue weighted by Crippen LogP contribution is 2.15. The SMILES string of the molecule is CC(=O)OCc1cc(Cl)cc(C#N)c1. The Morgan fingerprint density at radius 3 is 2.86 bits per heavy atom. The molecule has 1 rings (SSSR count). The molecule has 0 heterocycles. The maximum Gasteiger partial charge on any atom is 0.302 e. The third kappa shape index (κ3) is 3.08. The number of hydrogen-bond acceptors (Lipinski definition) is 3. The summed E-state index contributed by atoms with van der Waals surface area (Å²) in [6.07, 6.45) is 0. The zero-order chi connectivity index (χ0) is 10.6.